The van der Waals surface area contributed by atoms with Gasteiger partial charge in [-0.25, -0.2) is 0 Å². The van der Waals surface area contributed by atoms with Crippen LogP contribution in [-0.4, -0.2) is 23.3 Å². The van der Waals surface area contributed by atoms with Gasteiger partial charge in [0.2, 0.25) is 0 Å². The Morgan fingerprint density at radius 3 is 2.39 bits per heavy atom. The lowest BCUT2D eigenvalue weighted by molar-refractivity contribution is 0.00578. The fourth-order valence-electron chi connectivity index (χ4n) is 3.45. The van der Waals surface area contributed by atoms with Crippen molar-refractivity contribution in [3.05, 3.63) is 35.5 Å². The average Bonchev–Trinajstić information content (AvgIpc) is 2.73. The van der Waals surface area contributed by atoms with E-state index in [1.54, 1.807) is 0 Å². The SMILES string of the molecule is CC1(C)OB(c2ccc3nc4c(cc3c2)CCCC4)OC1(C)C. The van der Waals surface area contributed by atoms with Gasteiger partial charge in [0, 0.05) is 11.1 Å². The van der Waals surface area contributed by atoms with E-state index in [1.807, 2.05) is 0 Å². The highest BCUT2D eigenvalue weighted by molar-refractivity contribution is 6.62. The summed E-state index contributed by atoms with van der Waals surface area (Å²) >= 11 is 0. The largest absolute Gasteiger partial charge is 0.494 e. The average molecular weight is 309 g/mol. The van der Waals surface area contributed by atoms with E-state index in [9.17, 15) is 0 Å². The first-order valence-electron chi connectivity index (χ1n) is 8.64. The minimum absolute atomic E-state index is 0.305. The number of pyridine rings is 1. The van der Waals surface area contributed by atoms with Crippen LogP contribution >= 0.6 is 0 Å². The van der Waals surface area contributed by atoms with Crippen molar-refractivity contribution in [2.45, 2.75) is 64.6 Å². The monoisotopic (exact) mass is 309 g/mol. The third-order valence-electron chi connectivity index (χ3n) is 5.64. The van der Waals surface area contributed by atoms with E-state index < -0.39 is 0 Å². The van der Waals surface area contributed by atoms with Crippen LogP contribution in [-0.2, 0) is 22.2 Å². The minimum atomic E-state index is -0.305. The molecule has 0 N–H and O–H groups in total. The summed E-state index contributed by atoms with van der Waals surface area (Å²) < 4.78 is 12.3. The Morgan fingerprint density at radius 2 is 1.65 bits per heavy atom. The molecular formula is C19H24BNO2. The Bertz CT molecular complexity index is 753. The van der Waals surface area contributed by atoms with Crippen molar-refractivity contribution in [2.24, 2.45) is 0 Å². The molecule has 1 saturated heterocycles. The van der Waals surface area contributed by atoms with Crippen LogP contribution in [0.15, 0.2) is 24.3 Å². The van der Waals surface area contributed by atoms with Crippen molar-refractivity contribution in [2.75, 3.05) is 0 Å². The predicted octanol–water partition coefficient (Wildman–Crippen LogP) is 3.41. The Hall–Kier alpha value is -1.39. The predicted molar refractivity (Wildman–Crippen MR) is 94.1 cm³/mol. The normalized spacial score (nSPS) is 22.3. The lowest BCUT2D eigenvalue weighted by Crippen LogP contribution is -2.41. The number of aromatic nitrogens is 1. The number of nitrogens with zero attached hydrogens (tertiary/aromatic N) is 1. The van der Waals surface area contributed by atoms with Gasteiger partial charge in [-0.05, 0) is 76.5 Å². The van der Waals surface area contributed by atoms with Crippen molar-refractivity contribution >= 4 is 23.5 Å². The first kappa shape index (κ1) is 15.2. The summed E-state index contributed by atoms with van der Waals surface area (Å²) in [7, 11) is -0.305. The standard InChI is InChI=1S/C19H24BNO2/c1-18(2)19(3,4)23-20(22-18)15-9-10-17-14(12-15)11-13-7-5-6-8-16(13)21-17/h9-12H,5-8H2,1-4H3. The van der Waals surface area contributed by atoms with E-state index in [4.69, 9.17) is 14.3 Å². The quantitative estimate of drug-likeness (QED) is 0.757. The van der Waals surface area contributed by atoms with Crippen LogP contribution < -0.4 is 5.46 Å². The summed E-state index contributed by atoms with van der Waals surface area (Å²) in [4.78, 5) is 4.86. The molecule has 0 atom stereocenters. The molecule has 2 aromatic rings. The maximum atomic E-state index is 6.17. The highest BCUT2D eigenvalue weighted by atomic mass is 16.7. The topological polar surface area (TPSA) is 31.4 Å². The third-order valence-corrected chi connectivity index (χ3v) is 5.64. The summed E-state index contributed by atoms with van der Waals surface area (Å²) in [6.07, 6.45) is 4.80. The molecule has 0 radical (unpaired) electrons. The highest BCUT2D eigenvalue weighted by Crippen LogP contribution is 2.36. The Morgan fingerprint density at radius 1 is 0.957 bits per heavy atom. The summed E-state index contributed by atoms with van der Waals surface area (Å²) in [6, 6.07) is 8.68. The number of rotatable bonds is 1. The van der Waals surface area contributed by atoms with E-state index in [-0.39, 0.29) is 18.3 Å². The van der Waals surface area contributed by atoms with Gasteiger partial charge < -0.3 is 9.31 Å². The highest BCUT2D eigenvalue weighted by Gasteiger charge is 2.51. The lowest BCUT2D eigenvalue weighted by atomic mass is 9.78. The van der Waals surface area contributed by atoms with Crippen molar-refractivity contribution < 1.29 is 9.31 Å². The maximum absolute atomic E-state index is 6.17. The van der Waals surface area contributed by atoms with E-state index in [0.29, 0.717) is 0 Å². The molecule has 23 heavy (non-hydrogen) atoms. The molecule has 1 aromatic heterocycles. The molecule has 0 bridgehead atoms. The fraction of sp³-hybridized carbons (Fsp3) is 0.526. The second-order valence-electron chi connectivity index (χ2n) is 7.84. The Labute approximate surface area is 138 Å². The molecule has 4 rings (SSSR count). The summed E-state index contributed by atoms with van der Waals surface area (Å²) in [5.74, 6) is 0. The van der Waals surface area contributed by atoms with Gasteiger partial charge in [-0.1, -0.05) is 12.1 Å². The first-order chi connectivity index (χ1) is 10.9. The van der Waals surface area contributed by atoms with E-state index in [1.165, 1.54) is 29.5 Å². The number of benzene rings is 1. The summed E-state index contributed by atoms with van der Waals surface area (Å²) in [5.41, 5.74) is 4.24. The Kier molecular flexibility index (Phi) is 3.33. The van der Waals surface area contributed by atoms with Crippen LogP contribution in [0.25, 0.3) is 10.9 Å². The van der Waals surface area contributed by atoms with Crippen LogP contribution in [0.4, 0.5) is 0 Å². The molecule has 2 aliphatic rings. The van der Waals surface area contributed by atoms with Crippen LogP contribution in [0.5, 0.6) is 0 Å². The number of hydrogen-bond acceptors (Lipinski definition) is 3. The zero-order valence-corrected chi connectivity index (χ0v) is 14.5. The van der Waals surface area contributed by atoms with Gasteiger partial charge in [-0.3, -0.25) is 4.98 Å². The molecule has 1 aromatic carbocycles. The van der Waals surface area contributed by atoms with Crippen molar-refractivity contribution in [1.29, 1.82) is 0 Å². The molecule has 0 unspecified atom stereocenters. The molecule has 4 heteroatoms. The zero-order valence-electron chi connectivity index (χ0n) is 14.5. The molecule has 1 fully saturated rings. The third kappa shape index (κ3) is 2.49. The molecule has 0 spiro atoms. The van der Waals surface area contributed by atoms with Crippen LogP contribution in [0.2, 0.25) is 0 Å². The molecule has 1 aliphatic heterocycles. The van der Waals surface area contributed by atoms with Gasteiger partial charge in [0.05, 0.1) is 16.7 Å². The van der Waals surface area contributed by atoms with Crippen LogP contribution in [0.3, 0.4) is 0 Å². The van der Waals surface area contributed by atoms with Gasteiger partial charge >= 0.3 is 7.12 Å². The second kappa shape index (κ2) is 5.05. The molecule has 3 nitrogen and oxygen atoms in total. The van der Waals surface area contributed by atoms with Crippen molar-refractivity contribution in [3.8, 4) is 0 Å². The van der Waals surface area contributed by atoms with E-state index >= 15 is 0 Å². The van der Waals surface area contributed by atoms with Gasteiger partial charge in [-0.15, -0.1) is 0 Å². The summed E-state index contributed by atoms with van der Waals surface area (Å²) in [6.45, 7) is 8.36. The Balaban J connectivity index is 1.72. The van der Waals surface area contributed by atoms with E-state index in [2.05, 4.69) is 52.0 Å². The van der Waals surface area contributed by atoms with Crippen LogP contribution in [0, 0.1) is 0 Å². The van der Waals surface area contributed by atoms with Gasteiger partial charge in [0.15, 0.2) is 0 Å². The molecule has 0 saturated carbocycles. The second-order valence-corrected chi connectivity index (χ2v) is 7.84. The first-order valence-corrected chi connectivity index (χ1v) is 8.64. The smallest absolute Gasteiger partial charge is 0.399 e. The molecule has 120 valence electrons. The number of hydrogen-bond donors (Lipinski definition) is 0. The zero-order chi connectivity index (χ0) is 16.2. The van der Waals surface area contributed by atoms with Crippen molar-refractivity contribution in [1.82, 2.24) is 4.98 Å². The molecule has 0 amide bonds. The molecule has 1 aliphatic carbocycles. The molecule has 2 heterocycles. The van der Waals surface area contributed by atoms with E-state index in [0.717, 1.165) is 23.8 Å². The van der Waals surface area contributed by atoms with Crippen LogP contribution in [0.1, 0.15) is 51.8 Å². The van der Waals surface area contributed by atoms with Gasteiger partial charge in [0.25, 0.3) is 0 Å². The van der Waals surface area contributed by atoms with Gasteiger partial charge in [0.1, 0.15) is 0 Å². The fourth-order valence-corrected chi connectivity index (χ4v) is 3.45. The number of fused-ring (bicyclic) bond motifs is 2. The van der Waals surface area contributed by atoms with Gasteiger partial charge in [-0.2, -0.15) is 0 Å². The summed E-state index contributed by atoms with van der Waals surface area (Å²) in [5, 5.41) is 1.19. The minimum Gasteiger partial charge on any atom is -0.399 e. The molecular weight excluding hydrogens is 285 g/mol. The maximum Gasteiger partial charge on any atom is 0.494 e. The lowest BCUT2D eigenvalue weighted by Gasteiger charge is -2.32. The number of aryl methyl sites for hydroxylation is 2. The van der Waals surface area contributed by atoms with Crippen molar-refractivity contribution in [3.63, 3.8) is 0 Å².